The van der Waals surface area contributed by atoms with Crippen molar-refractivity contribution in [2.45, 2.75) is 6.61 Å². The van der Waals surface area contributed by atoms with Crippen LogP contribution in [0.4, 0.5) is 13.9 Å². The van der Waals surface area contributed by atoms with Crippen molar-refractivity contribution in [3.05, 3.63) is 59.5 Å². The van der Waals surface area contributed by atoms with Crippen LogP contribution in [0.1, 0.15) is 5.56 Å². The van der Waals surface area contributed by atoms with Crippen LogP contribution in [0.2, 0.25) is 0 Å². The summed E-state index contributed by atoms with van der Waals surface area (Å²) in [6.07, 6.45) is 2.89. The molecular weight excluding hydrogens is 414 g/mol. The number of aromatic nitrogens is 1. The van der Waals surface area contributed by atoms with Crippen molar-refractivity contribution in [3.63, 3.8) is 0 Å². The van der Waals surface area contributed by atoms with Crippen molar-refractivity contribution < 1.29 is 27.8 Å². The molecule has 0 saturated heterocycles. The van der Waals surface area contributed by atoms with Gasteiger partial charge in [-0.1, -0.05) is 12.1 Å². The minimum absolute atomic E-state index is 0.0517. The van der Waals surface area contributed by atoms with E-state index in [1.54, 1.807) is 44.6 Å². The molecule has 0 bridgehead atoms. The van der Waals surface area contributed by atoms with Gasteiger partial charge in [0.25, 0.3) is 0 Å². The Kier molecular flexibility index (Phi) is 6.97. The first kappa shape index (κ1) is 21.3. The molecule has 30 heavy (non-hydrogen) atoms. The molecule has 1 N–H and O–H groups in total. The maximum absolute atomic E-state index is 12.2. The highest BCUT2D eigenvalue weighted by Crippen LogP contribution is 2.34. The molecular formula is C21H18F2N2O4S. The minimum Gasteiger partial charge on any atom is -0.497 e. The van der Waals surface area contributed by atoms with Crippen molar-refractivity contribution >= 4 is 28.5 Å². The second kappa shape index (κ2) is 9.84. The van der Waals surface area contributed by atoms with Crippen LogP contribution in [-0.4, -0.2) is 31.7 Å². The number of alkyl halides is 2. The molecule has 1 amide bonds. The van der Waals surface area contributed by atoms with Gasteiger partial charge in [0, 0.05) is 23.1 Å². The number of thiazole rings is 1. The van der Waals surface area contributed by atoms with E-state index in [0.717, 1.165) is 5.56 Å². The molecule has 1 aromatic heterocycles. The van der Waals surface area contributed by atoms with E-state index in [1.807, 2.05) is 11.4 Å². The maximum Gasteiger partial charge on any atom is 0.387 e. The zero-order valence-corrected chi connectivity index (χ0v) is 16.9. The Hall–Kier alpha value is -3.46. The predicted molar refractivity (Wildman–Crippen MR) is 111 cm³/mol. The average molecular weight is 432 g/mol. The van der Waals surface area contributed by atoms with E-state index in [0.29, 0.717) is 27.9 Å². The molecule has 0 aliphatic rings. The quantitative estimate of drug-likeness (QED) is 0.503. The smallest absolute Gasteiger partial charge is 0.387 e. The van der Waals surface area contributed by atoms with E-state index in [2.05, 4.69) is 15.0 Å². The van der Waals surface area contributed by atoms with E-state index >= 15 is 0 Å². The number of carbonyl (C=O) groups is 1. The fourth-order valence-electron chi connectivity index (χ4n) is 2.54. The monoisotopic (exact) mass is 432 g/mol. The zero-order chi connectivity index (χ0) is 21.5. The number of hydrogen-bond acceptors (Lipinski definition) is 6. The van der Waals surface area contributed by atoms with E-state index < -0.39 is 6.61 Å². The van der Waals surface area contributed by atoms with Crippen LogP contribution in [0, 0.1) is 0 Å². The van der Waals surface area contributed by atoms with Gasteiger partial charge in [0.15, 0.2) is 5.13 Å². The van der Waals surface area contributed by atoms with Gasteiger partial charge in [-0.25, -0.2) is 4.98 Å². The Labute approximate surface area is 175 Å². The summed E-state index contributed by atoms with van der Waals surface area (Å²) < 4.78 is 39.2. The SMILES string of the molecule is COc1ccc(-c2csc(NC(=O)/C=C/c3ccc(OC(F)F)cc3)n2)c(OC)c1. The van der Waals surface area contributed by atoms with Crippen LogP contribution in [0.5, 0.6) is 17.2 Å². The van der Waals surface area contributed by atoms with Crippen molar-refractivity contribution in [1.29, 1.82) is 0 Å². The lowest BCUT2D eigenvalue weighted by Gasteiger charge is -2.08. The number of nitrogens with one attached hydrogen (secondary N) is 1. The number of amides is 1. The van der Waals surface area contributed by atoms with Gasteiger partial charge in [0.1, 0.15) is 17.2 Å². The van der Waals surface area contributed by atoms with Gasteiger partial charge in [-0.15, -0.1) is 11.3 Å². The fourth-order valence-corrected chi connectivity index (χ4v) is 3.26. The van der Waals surface area contributed by atoms with Crippen LogP contribution in [0.25, 0.3) is 17.3 Å². The van der Waals surface area contributed by atoms with Crippen LogP contribution in [-0.2, 0) is 4.79 Å². The molecule has 0 aliphatic heterocycles. The van der Waals surface area contributed by atoms with E-state index in [-0.39, 0.29) is 11.7 Å². The summed E-state index contributed by atoms with van der Waals surface area (Å²) in [7, 11) is 3.13. The average Bonchev–Trinajstić information content (AvgIpc) is 3.20. The number of hydrogen-bond donors (Lipinski definition) is 1. The molecule has 0 unspecified atom stereocenters. The lowest BCUT2D eigenvalue weighted by Crippen LogP contribution is -2.07. The largest absolute Gasteiger partial charge is 0.497 e. The number of benzene rings is 2. The lowest BCUT2D eigenvalue weighted by molar-refractivity contribution is -0.111. The van der Waals surface area contributed by atoms with Crippen molar-refractivity contribution in [1.82, 2.24) is 4.98 Å². The second-order valence-electron chi connectivity index (χ2n) is 5.87. The second-order valence-corrected chi connectivity index (χ2v) is 6.73. The first-order valence-corrected chi connectivity index (χ1v) is 9.58. The number of rotatable bonds is 8. The molecule has 0 spiro atoms. The van der Waals surface area contributed by atoms with Gasteiger partial charge in [0.2, 0.25) is 5.91 Å². The van der Waals surface area contributed by atoms with Gasteiger partial charge >= 0.3 is 6.61 Å². The number of ether oxygens (including phenoxy) is 3. The summed E-state index contributed by atoms with van der Waals surface area (Å²) in [6, 6.07) is 11.3. The normalized spacial score (nSPS) is 11.0. The van der Waals surface area contributed by atoms with Crippen molar-refractivity contribution in [2.24, 2.45) is 0 Å². The maximum atomic E-state index is 12.2. The number of methoxy groups -OCH3 is 2. The molecule has 0 atom stereocenters. The van der Waals surface area contributed by atoms with Crippen molar-refractivity contribution in [3.8, 4) is 28.5 Å². The molecule has 3 aromatic rings. The Morgan fingerprint density at radius 2 is 1.83 bits per heavy atom. The number of carbonyl (C=O) groups excluding carboxylic acids is 1. The standard InChI is InChI=1S/C21H18F2N2O4S/c1-27-15-8-9-16(18(11-15)28-2)17-12-30-21(24-17)25-19(26)10-5-13-3-6-14(7-4-13)29-20(22)23/h3-12,20H,1-2H3,(H,24,25,26)/b10-5+. The van der Waals surface area contributed by atoms with Gasteiger partial charge in [-0.2, -0.15) is 8.78 Å². The first-order valence-electron chi connectivity index (χ1n) is 8.70. The lowest BCUT2D eigenvalue weighted by atomic mass is 10.1. The van der Waals surface area contributed by atoms with Crippen LogP contribution in [0.15, 0.2) is 53.9 Å². The van der Waals surface area contributed by atoms with Gasteiger partial charge < -0.3 is 14.2 Å². The molecule has 3 rings (SSSR count). The third-order valence-corrected chi connectivity index (χ3v) is 4.71. The van der Waals surface area contributed by atoms with E-state index in [4.69, 9.17) is 9.47 Å². The highest BCUT2D eigenvalue weighted by Gasteiger charge is 2.12. The van der Waals surface area contributed by atoms with Crippen LogP contribution >= 0.6 is 11.3 Å². The molecule has 6 nitrogen and oxygen atoms in total. The third kappa shape index (κ3) is 5.54. The molecule has 0 radical (unpaired) electrons. The van der Waals surface area contributed by atoms with Crippen molar-refractivity contribution in [2.75, 3.05) is 19.5 Å². The summed E-state index contributed by atoms with van der Waals surface area (Å²) in [5.41, 5.74) is 2.10. The summed E-state index contributed by atoms with van der Waals surface area (Å²) in [6.45, 7) is -2.88. The zero-order valence-electron chi connectivity index (χ0n) is 16.1. The van der Waals surface area contributed by atoms with Crippen LogP contribution in [0.3, 0.4) is 0 Å². The highest BCUT2D eigenvalue weighted by molar-refractivity contribution is 7.14. The molecule has 0 aliphatic carbocycles. The first-order chi connectivity index (χ1) is 14.5. The Balaban J connectivity index is 1.64. The topological polar surface area (TPSA) is 69.7 Å². The Morgan fingerprint density at radius 1 is 1.10 bits per heavy atom. The van der Waals surface area contributed by atoms with Gasteiger partial charge in [0.05, 0.1) is 19.9 Å². The van der Waals surface area contributed by atoms with Crippen LogP contribution < -0.4 is 19.5 Å². The van der Waals surface area contributed by atoms with E-state index in [1.165, 1.54) is 29.5 Å². The minimum atomic E-state index is -2.88. The van der Waals surface area contributed by atoms with Gasteiger partial charge in [-0.05, 0) is 35.9 Å². The summed E-state index contributed by atoms with van der Waals surface area (Å²) >= 11 is 1.28. The van der Waals surface area contributed by atoms with Gasteiger partial charge in [-0.3, -0.25) is 10.1 Å². The van der Waals surface area contributed by atoms with E-state index in [9.17, 15) is 13.6 Å². The molecule has 9 heteroatoms. The molecule has 0 saturated carbocycles. The molecule has 2 aromatic carbocycles. The molecule has 1 heterocycles. The summed E-state index contributed by atoms with van der Waals surface area (Å²) in [5.74, 6) is 0.955. The summed E-state index contributed by atoms with van der Waals surface area (Å²) in [4.78, 5) is 16.6. The highest BCUT2D eigenvalue weighted by atomic mass is 32.1. The number of halogens is 2. The predicted octanol–water partition coefficient (Wildman–Crippen LogP) is 5.08. The molecule has 0 fully saturated rings. The third-order valence-electron chi connectivity index (χ3n) is 3.95. The summed E-state index contributed by atoms with van der Waals surface area (Å²) in [5, 5.41) is 4.93. The Bertz CT molecular complexity index is 1040. The fraction of sp³-hybridized carbons (Fsp3) is 0.143. The number of anilines is 1. The number of nitrogens with zero attached hydrogens (tertiary/aromatic N) is 1. The molecule has 156 valence electrons. The Morgan fingerprint density at radius 3 is 2.50 bits per heavy atom.